The molecule has 0 aliphatic carbocycles. The Balaban J connectivity index is 1.51. The minimum atomic E-state index is -0.548. The van der Waals surface area contributed by atoms with Gasteiger partial charge in [0.1, 0.15) is 11.0 Å². The summed E-state index contributed by atoms with van der Waals surface area (Å²) in [5.74, 6) is 0.255. The largest absolute Gasteiger partial charge is 0.494 e. The molecule has 1 heterocycles. The molecular weight excluding hydrogens is 458 g/mol. The highest BCUT2D eigenvalue weighted by molar-refractivity contribution is 8.15. The fourth-order valence-electron chi connectivity index (χ4n) is 3.90. The number of hydrogen-bond acceptors (Lipinski definition) is 5. The molecule has 1 N–H and O–H groups in total. The van der Waals surface area contributed by atoms with E-state index >= 15 is 0 Å². The van der Waals surface area contributed by atoms with Crippen LogP contribution in [0.1, 0.15) is 25.8 Å². The second-order valence-electron chi connectivity index (χ2n) is 8.27. The van der Waals surface area contributed by atoms with Gasteiger partial charge in [-0.15, -0.1) is 0 Å². The first-order valence-electron chi connectivity index (χ1n) is 11.7. The molecule has 1 aliphatic heterocycles. The lowest BCUT2D eigenvalue weighted by Gasteiger charge is -2.17. The number of imide groups is 1. The number of anilines is 2. The summed E-state index contributed by atoms with van der Waals surface area (Å²) in [4.78, 5) is 32.2. The van der Waals surface area contributed by atoms with Crippen molar-refractivity contribution >= 4 is 40.1 Å². The van der Waals surface area contributed by atoms with Crippen LogP contribution in [-0.4, -0.2) is 34.9 Å². The van der Waals surface area contributed by atoms with Gasteiger partial charge in [0.2, 0.25) is 11.8 Å². The van der Waals surface area contributed by atoms with Crippen LogP contribution in [0.4, 0.5) is 11.4 Å². The number of carbonyl (C=O) groups is 2. The number of nitrogens with one attached hydrogen (secondary N) is 1. The SMILES string of the molecule is CCOc1ccc(N2C(=O)C[C@H](SC(=N[C@@H](C)Cc3ccccc3)Nc3ccccc3)C2=O)cc1. The molecule has 35 heavy (non-hydrogen) atoms. The van der Waals surface area contributed by atoms with Gasteiger partial charge in [-0.25, -0.2) is 4.90 Å². The van der Waals surface area contributed by atoms with Crippen LogP contribution in [0.25, 0.3) is 0 Å². The second-order valence-corrected chi connectivity index (χ2v) is 9.46. The van der Waals surface area contributed by atoms with Crippen LogP contribution in [0.3, 0.4) is 0 Å². The zero-order chi connectivity index (χ0) is 24.6. The van der Waals surface area contributed by atoms with Crippen LogP contribution in [0.5, 0.6) is 5.75 Å². The molecule has 0 saturated carbocycles. The third-order valence-electron chi connectivity index (χ3n) is 5.50. The Morgan fingerprint density at radius 3 is 2.34 bits per heavy atom. The molecule has 3 aromatic rings. The maximum Gasteiger partial charge on any atom is 0.247 e. The summed E-state index contributed by atoms with van der Waals surface area (Å²) in [6.45, 7) is 4.51. The van der Waals surface area contributed by atoms with Gasteiger partial charge in [-0.2, -0.15) is 0 Å². The topological polar surface area (TPSA) is 71.0 Å². The van der Waals surface area contributed by atoms with E-state index in [0.717, 1.165) is 12.1 Å². The Labute approximate surface area is 210 Å². The molecule has 0 unspecified atom stereocenters. The Hall–Kier alpha value is -3.58. The van der Waals surface area contributed by atoms with E-state index in [9.17, 15) is 9.59 Å². The average Bonchev–Trinajstić information content (AvgIpc) is 3.13. The molecule has 0 aromatic heterocycles. The first-order valence-corrected chi connectivity index (χ1v) is 12.6. The number of ether oxygens (including phenoxy) is 1. The van der Waals surface area contributed by atoms with E-state index in [0.29, 0.717) is 23.2 Å². The predicted molar refractivity (Wildman–Crippen MR) is 143 cm³/mol. The van der Waals surface area contributed by atoms with Gasteiger partial charge < -0.3 is 10.1 Å². The molecular formula is C28H29N3O3S. The van der Waals surface area contributed by atoms with Gasteiger partial charge in [-0.1, -0.05) is 60.3 Å². The van der Waals surface area contributed by atoms with Crippen LogP contribution in [0.15, 0.2) is 89.9 Å². The lowest BCUT2D eigenvalue weighted by Crippen LogP contribution is -2.31. The first-order chi connectivity index (χ1) is 17.0. The Kier molecular flexibility index (Phi) is 8.21. The summed E-state index contributed by atoms with van der Waals surface area (Å²) in [6, 6.07) is 26.9. The molecule has 7 heteroatoms. The highest BCUT2D eigenvalue weighted by Gasteiger charge is 2.41. The lowest BCUT2D eigenvalue weighted by atomic mass is 10.1. The molecule has 3 aromatic carbocycles. The maximum atomic E-state index is 13.3. The summed E-state index contributed by atoms with van der Waals surface area (Å²) in [5, 5.41) is 3.42. The van der Waals surface area contributed by atoms with E-state index < -0.39 is 5.25 Å². The summed E-state index contributed by atoms with van der Waals surface area (Å²) in [5.41, 5.74) is 2.63. The number of benzene rings is 3. The summed E-state index contributed by atoms with van der Waals surface area (Å²) in [6.07, 6.45) is 0.899. The van der Waals surface area contributed by atoms with E-state index in [1.54, 1.807) is 24.3 Å². The van der Waals surface area contributed by atoms with E-state index in [2.05, 4.69) is 17.4 Å². The van der Waals surface area contributed by atoms with Crippen LogP contribution < -0.4 is 15.0 Å². The van der Waals surface area contributed by atoms with Crippen molar-refractivity contribution in [1.29, 1.82) is 0 Å². The predicted octanol–water partition coefficient (Wildman–Crippen LogP) is 5.55. The van der Waals surface area contributed by atoms with Crippen molar-refractivity contribution in [2.24, 2.45) is 4.99 Å². The van der Waals surface area contributed by atoms with Gasteiger partial charge >= 0.3 is 0 Å². The highest BCUT2D eigenvalue weighted by Crippen LogP contribution is 2.32. The molecule has 0 radical (unpaired) electrons. The quantitative estimate of drug-likeness (QED) is 0.256. The standard InChI is InChI=1S/C28H29N3O3S/c1-3-34-24-16-14-23(15-17-24)31-26(32)19-25(27(31)33)35-28(30-22-12-8-5-9-13-22)29-20(2)18-21-10-6-4-7-11-21/h4-17,20,25H,3,18-19H2,1-2H3,(H,29,30)/t20-,25-/m0/s1. The number of rotatable bonds is 8. The van der Waals surface area contributed by atoms with Gasteiger partial charge in [0.25, 0.3) is 0 Å². The Morgan fingerprint density at radius 2 is 1.69 bits per heavy atom. The number of amidine groups is 1. The van der Waals surface area contributed by atoms with Crippen LogP contribution in [-0.2, 0) is 16.0 Å². The van der Waals surface area contributed by atoms with Gasteiger partial charge in [0.15, 0.2) is 5.17 Å². The molecule has 2 amide bonds. The van der Waals surface area contributed by atoms with E-state index in [4.69, 9.17) is 9.73 Å². The molecule has 180 valence electrons. The van der Waals surface area contributed by atoms with Crippen LogP contribution in [0.2, 0.25) is 0 Å². The van der Waals surface area contributed by atoms with E-state index in [1.807, 2.05) is 62.4 Å². The van der Waals surface area contributed by atoms with Crippen molar-refractivity contribution < 1.29 is 14.3 Å². The first kappa shape index (κ1) is 24.5. The number of carbonyl (C=O) groups excluding carboxylic acids is 2. The highest BCUT2D eigenvalue weighted by atomic mass is 32.2. The zero-order valence-electron chi connectivity index (χ0n) is 19.9. The van der Waals surface area contributed by atoms with E-state index in [-0.39, 0.29) is 24.3 Å². The third kappa shape index (κ3) is 6.51. The summed E-state index contributed by atoms with van der Waals surface area (Å²) in [7, 11) is 0. The minimum absolute atomic E-state index is 0.00877. The van der Waals surface area contributed by atoms with Crippen molar-refractivity contribution in [3.63, 3.8) is 0 Å². The molecule has 0 bridgehead atoms. The maximum absolute atomic E-state index is 13.3. The van der Waals surface area contributed by atoms with Gasteiger partial charge in [-0.3, -0.25) is 14.6 Å². The molecule has 1 aliphatic rings. The molecule has 0 spiro atoms. The summed E-state index contributed by atoms with van der Waals surface area (Å²) < 4.78 is 5.47. The van der Waals surface area contributed by atoms with Crippen LogP contribution >= 0.6 is 11.8 Å². The number of amides is 2. The number of nitrogens with zero attached hydrogens (tertiary/aromatic N) is 2. The van der Waals surface area contributed by atoms with Gasteiger partial charge in [0, 0.05) is 12.1 Å². The number of thioether (sulfide) groups is 1. The smallest absolute Gasteiger partial charge is 0.247 e. The molecule has 6 nitrogen and oxygen atoms in total. The monoisotopic (exact) mass is 487 g/mol. The lowest BCUT2D eigenvalue weighted by molar-refractivity contribution is -0.121. The molecule has 2 atom stereocenters. The average molecular weight is 488 g/mol. The molecule has 1 fully saturated rings. The molecule has 1 saturated heterocycles. The zero-order valence-corrected chi connectivity index (χ0v) is 20.7. The number of aliphatic imine (C=N–C) groups is 1. The summed E-state index contributed by atoms with van der Waals surface area (Å²) >= 11 is 1.31. The van der Waals surface area contributed by atoms with Crippen molar-refractivity contribution in [2.45, 2.75) is 38.0 Å². The molecule has 4 rings (SSSR count). The minimum Gasteiger partial charge on any atom is -0.494 e. The Morgan fingerprint density at radius 1 is 1.03 bits per heavy atom. The second kappa shape index (κ2) is 11.7. The Bertz CT molecular complexity index is 1170. The fourth-order valence-corrected chi connectivity index (χ4v) is 5.02. The van der Waals surface area contributed by atoms with Gasteiger partial charge in [-0.05, 0) is 62.2 Å². The van der Waals surface area contributed by atoms with E-state index in [1.165, 1.54) is 22.2 Å². The third-order valence-corrected chi connectivity index (χ3v) is 6.59. The van der Waals surface area contributed by atoms with Crippen molar-refractivity contribution in [3.05, 3.63) is 90.5 Å². The van der Waals surface area contributed by atoms with Crippen molar-refractivity contribution in [2.75, 3.05) is 16.8 Å². The van der Waals surface area contributed by atoms with Crippen LogP contribution in [0, 0.1) is 0 Å². The normalized spacial score (nSPS) is 16.9. The van der Waals surface area contributed by atoms with Crippen molar-refractivity contribution in [1.82, 2.24) is 0 Å². The fraction of sp³-hybridized carbons (Fsp3) is 0.250. The van der Waals surface area contributed by atoms with Gasteiger partial charge in [0.05, 0.1) is 18.3 Å². The van der Waals surface area contributed by atoms with Crippen molar-refractivity contribution in [3.8, 4) is 5.75 Å². The number of hydrogen-bond donors (Lipinski definition) is 1. The number of para-hydroxylation sites is 1.